The highest BCUT2D eigenvalue weighted by Crippen LogP contribution is 2.28. The first kappa shape index (κ1) is 14.1. The molecule has 0 spiro atoms. The number of anilines is 2. The van der Waals surface area contributed by atoms with Crippen LogP contribution in [0.3, 0.4) is 0 Å². The van der Waals surface area contributed by atoms with E-state index in [4.69, 9.17) is 4.74 Å². The van der Waals surface area contributed by atoms with Crippen LogP contribution >= 0.6 is 0 Å². The van der Waals surface area contributed by atoms with Crippen molar-refractivity contribution in [3.8, 4) is 0 Å². The Balaban J connectivity index is 2.90. The Bertz CT molecular complexity index is 399. The van der Waals surface area contributed by atoms with E-state index in [1.165, 1.54) is 6.33 Å². The zero-order valence-electron chi connectivity index (χ0n) is 10.5. The smallest absolute Gasteiger partial charge is 0.353 e. The maximum atomic E-state index is 11.1. The van der Waals surface area contributed by atoms with Crippen molar-refractivity contribution in [3.05, 3.63) is 16.4 Å². The van der Waals surface area contributed by atoms with Gasteiger partial charge < -0.3 is 15.4 Å². The lowest BCUT2D eigenvalue weighted by Gasteiger charge is -2.08. The van der Waals surface area contributed by atoms with Gasteiger partial charge in [0.1, 0.15) is 6.33 Å². The van der Waals surface area contributed by atoms with E-state index in [9.17, 15) is 10.1 Å². The van der Waals surface area contributed by atoms with Crippen LogP contribution in [0.15, 0.2) is 6.33 Å². The molecule has 0 unspecified atom stereocenters. The summed E-state index contributed by atoms with van der Waals surface area (Å²) in [7, 11) is 1.56. The number of rotatable bonds is 8. The van der Waals surface area contributed by atoms with Gasteiger partial charge in [0, 0.05) is 20.2 Å². The lowest BCUT2D eigenvalue weighted by atomic mass is 10.4. The fraction of sp³-hybridized carbons (Fsp3) is 0.600. The first-order valence-electron chi connectivity index (χ1n) is 5.66. The summed E-state index contributed by atoms with van der Waals surface area (Å²) in [5.41, 5.74) is -0.137. The molecule has 0 atom stereocenters. The number of nitrogens with one attached hydrogen (secondary N) is 2. The molecule has 8 nitrogen and oxygen atoms in total. The molecule has 0 aliphatic rings. The third-order valence-electron chi connectivity index (χ3n) is 2.15. The Labute approximate surface area is 105 Å². The quantitative estimate of drug-likeness (QED) is 0.409. The van der Waals surface area contributed by atoms with Crippen LogP contribution in [0.25, 0.3) is 0 Å². The molecule has 0 saturated carbocycles. The van der Waals surface area contributed by atoms with Crippen LogP contribution in [0.2, 0.25) is 0 Å². The van der Waals surface area contributed by atoms with Gasteiger partial charge in [-0.3, -0.25) is 10.1 Å². The third-order valence-corrected chi connectivity index (χ3v) is 2.15. The molecule has 18 heavy (non-hydrogen) atoms. The summed E-state index contributed by atoms with van der Waals surface area (Å²) >= 11 is 0. The Morgan fingerprint density at radius 3 is 2.44 bits per heavy atom. The van der Waals surface area contributed by atoms with Crippen molar-refractivity contribution in [2.75, 3.05) is 37.4 Å². The Morgan fingerprint density at radius 2 is 1.94 bits per heavy atom. The summed E-state index contributed by atoms with van der Waals surface area (Å²) in [5, 5.41) is 16.8. The molecule has 8 heteroatoms. The first-order chi connectivity index (χ1) is 8.70. The van der Waals surface area contributed by atoms with Gasteiger partial charge in [0.25, 0.3) is 0 Å². The van der Waals surface area contributed by atoms with Gasteiger partial charge in [-0.15, -0.1) is 0 Å². The molecule has 0 fully saturated rings. The zero-order valence-corrected chi connectivity index (χ0v) is 10.5. The standard InChI is InChI=1S/C10H17N5O3/c1-3-4-11-9-8(15(16)17)10(14-7-13-9)12-5-6-18-2/h7H,3-6H2,1-2H3,(H2,11,12,13,14). The van der Waals surface area contributed by atoms with Gasteiger partial charge in [-0.1, -0.05) is 6.92 Å². The minimum absolute atomic E-state index is 0.137. The molecule has 0 amide bonds. The van der Waals surface area contributed by atoms with Crippen molar-refractivity contribution in [1.82, 2.24) is 9.97 Å². The van der Waals surface area contributed by atoms with Crippen molar-refractivity contribution < 1.29 is 9.66 Å². The molecule has 0 aromatic carbocycles. The summed E-state index contributed by atoms with van der Waals surface area (Å²) in [5.74, 6) is 0.433. The normalized spacial score (nSPS) is 10.1. The molecular formula is C10H17N5O3. The highest BCUT2D eigenvalue weighted by molar-refractivity contribution is 5.69. The van der Waals surface area contributed by atoms with Gasteiger partial charge in [-0.2, -0.15) is 0 Å². The fourth-order valence-electron chi connectivity index (χ4n) is 1.33. The highest BCUT2D eigenvalue weighted by Gasteiger charge is 2.22. The maximum Gasteiger partial charge on any atom is 0.353 e. The van der Waals surface area contributed by atoms with Gasteiger partial charge in [0.15, 0.2) is 0 Å². The van der Waals surface area contributed by atoms with E-state index >= 15 is 0 Å². The van der Waals surface area contributed by atoms with Crippen molar-refractivity contribution in [1.29, 1.82) is 0 Å². The average Bonchev–Trinajstić information content (AvgIpc) is 2.36. The van der Waals surface area contributed by atoms with Crippen LogP contribution in [-0.2, 0) is 4.74 Å². The van der Waals surface area contributed by atoms with E-state index in [0.717, 1.165) is 6.42 Å². The number of methoxy groups -OCH3 is 1. The minimum Gasteiger partial charge on any atom is -0.383 e. The Morgan fingerprint density at radius 1 is 1.33 bits per heavy atom. The average molecular weight is 255 g/mol. The fourth-order valence-corrected chi connectivity index (χ4v) is 1.33. The van der Waals surface area contributed by atoms with Crippen LogP contribution in [-0.4, -0.2) is 41.7 Å². The van der Waals surface area contributed by atoms with E-state index < -0.39 is 4.92 Å². The SMILES string of the molecule is CCCNc1ncnc(NCCOC)c1[N+](=O)[O-]. The maximum absolute atomic E-state index is 11.1. The highest BCUT2D eigenvalue weighted by atomic mass is 16.6. The number of aromatic nitrogens is 2. The van der Waals surface area contributed by atoms with E-state index in [0.29, 0.717) is 19.7 Å². The largest absolute Gasteiger partial charge is 0.383 e. The van der Waals surface area contributed by atoms with E-state index in [-0.39, 0.29) is 17.3 Å². The van der Waals surface area contributed by atoms with Crippen molar-refractivity contribution in [2.45, 2.75) is 13.3 Å². The van der Waals surface area contributed by atoms with E-state index in [2.05, 4.69) is 20.6 Å². The summed E-state index contributed by atoms with van der Waals surface area (Å²) in [4.78, 5) is 18.3. The van der Waals surface area contributed by atoms with Crippen molar-refractivity contribution >= 4 is 17.3 Å². The molecule has 1 aromatic rings. The molecule has 0 bridgehead atoms. The second-order valence-corrected chi connectivity index (χ2v) is 3.52. The summed E-state index contributed by atoms with van der Waals surface area (Å²) in [6.45, 7) is 3.48. The second-order valence-electron chi connectivity index (χ2n) is 3.52. The topological polar surface area (TPSA) is 102 Å². The first-order valence-corrected chi connectivity index (χ1v) is 5.66. The van der Waals surface area contributed by atoms with Gasteiger partial charge in [0.2, 0.25) is 11.6 Å². The lowest BCUT2D eigenvalue weighted by molar-refractivity contribution is -0.383. The van der Waals surface area contributed by atoms with Crippen LogP contribution < -0.4 is 10.6 Å². The van der Waals surface area contributed by atoms with Crippen LogP contribution in [0.4, 0.5) is 17.3 Å². The predicted molar refractivity (Wildman–Crippen MR) is 67.8 cm³/mol. The molecule has 100 valence electrons. The lowest BCUT2D eigenvalue weighted by Crippen LogP contribution is -2.13. The van der Waals surface area contributed by atoms with Gasteiger partial charge in [-0.05, 0) is 6.42 Å². The molecule has 0 saturated heterocycles. The molecule has 0 radical (unpaired) electrons. The number of ether oxygens (including phenoxy) is 1. The summed E-state index contributed by atoms with van der Waals surface area (Å²) < 4.78 is 4.87. The molecule has 0 aliphatic heterocycles. The zero-order chi connectivity index (χ0) is 13.4. The molecule has 1 aromatic heterocycles. The number of nitro groups is 1. The summed E-state index contributed by atoms with van der Waals surface area (Å²) in [6.07, 6.45) is 2.15. The monoisotopic (exact) mass is 255 g/mol. The van der Waals surface area contributed by atoms with Crippen LogP contribution in [0.1, 0.15) is 13.3 Å². The molecule has 2 N–H and O–H groups in total. The van der Waals surface area contributed by atoms with E-state index in [1.807, 2.05) is 6.92 Å². The summed E-state index contributed by atoms with van der Waals surface area (Å²) in [6, 6.07) is 0. The molecule has 1 rings (SSSR count). The van der Waals surface area contributed by atoms with Gasteiger partial charge in [0.05, 0.1) is 11.5 Å². The Hall–Kier alpha value is -1.96. The Kier molecular flexibility index (Phi) is 5.78. The van der Waals surface area contributed by atoms with Crippen molar-refractivity contribution in [3.63, 3.8) is 0 Å². The van der Waals surface area contributed by atoms with Crippen LogP contribution in [0, 0.1) is 10.1 Å². The number of hydrogen-bond acceptors (Lipinski definition) is 7. The third kappa shape index (κ3) is 3.81. The molecule has 1 heterocycles. The second kappa shape index (κ2) is 7.38. The molecular weight excluding hydrogens is 238 g/mol. The number of nitrogens with zero attached hydrogens (tertiary/aromatic N) is 3. The van der Waals surface area contributed by atoms with Gasteiger partial charge >= 0.3 is 5.69 Å². The minimum atomic E-state index is -0.493. The molecule has 0 aliphatic carbocycles. The van der Waals surface area contributed by atoms with Gasteiger partial charge in [-0.25, -0.2) is 9.97 Å². The van der Waals surface area contributed by atoms with Crippen molar-refractivity contribution in [2.24, 2.45) is 0 Å². The number of hydrogen-bond donors (Lipinski definition) is 2. The predicted octanol–water partition coefficient (Wildman–Crippen LogP) is 1.27. The van der Waals surface area contributed by atoms with E-state index in [1.54, 1.807) is 7.11 Å². The van der Waals surface area contributed by atoms with Crippen LogP contribution in [0.5, 0.6) is 0 Å².